The van der Waals surface area contributed by atoms with Gasteiger partial charge in [0.15, 0.2) is 0 Å². The van der Waals surface area contributed by atoms with Crippen molar-refractivity contribution in [2.75, 3.05) is 6.61 Å². The number of pyridine rings is 1. The van der Waals surface area contributed by atoms with Crippen LogP contribution in [0.3, 0.4) is 0 Å². The van der Waals surface area contributed by atoms with Crippen LogP contribution in [0, 0.1) is 11.8 Å². The van der Waals surface area contributed by atoms with E-state index in [-0.39, 0.29) is 24.0 Å². The molecule has 0 bridgehead atoms. The van der Waals surface area contributed by atoms with Gasteiger partial charge in [-0.1, -0.05) is 19.9 Å². The zero-order chi connectivity index (χ0) is 17.9. The number of nitrogens with one attached hydrogen (secondary N) is 1. The Bertz CT molecular complexity index is 568. The second-order valence-corrected chi connectivity index (χ2v) is 7.88. The number of carbonyl (C=O) groups is 1. The quantitative estimate of drug-likeness (QED) is 0.879. The summed E-state index contributed by atoms with van der Waals surface area (Å²) in [6.07, 6.45) is 8.21. The van der Waals surface area contributed by atoms with Gasteiger partial charge in [-0.05, 0) is 50.5 Å². The van der Waals surface area contributed by atoms with Crippen LogP contribution < -0.4 is 5.32 Å². The third-order valence-electron chi connectivity index (χ3n) is 5.72. The average molecular weight is 346 g/mol. The number of nitrogens with zero attached hydrogens (tertiary/aromatic N) is 1. The molecule has 0 unspecified atom stereocenters. The highest BCUT2D eigenvalue weighted by molar-refractivity contribution is 5.79. The Hall–Kier alpha value is -1.46. The number of hydrogen-bond acceptors (Lipinski definition) is 4. The molecule has 2 fully saturated rings. The maximum atomic E-state index is 12.7. The monoisotopic (exact) mass is 346 g/mol. The molecule has 1 amide bonds. The highest BCUT2D eigenvalue weighted by Crippen LogP contribution is 2.37. The molecular formula is C20H30N2O3. The molecule has 5 nitrogen and oxygen atoms in total. The largest absolute Gasteiger partial charge is 0.385 e. The lowest BCUT2D eigenvalue weighted by molar-refractivity contribution is -0.138. The second-order valence-electron chi connectivity index (χ2n) is 7.88. The van der Waals surface area contributed by atoms with E-state index in [1.165, 1.54) is 0 Å². The summed E-state index contributed by atoms with van der Waals surface area (Å²) in [6.45, 7) is 4.99. The van der Waals surface area contributed by atoms with Crippen LogP contribution in [0.1, 0.15) is 57.9 Å². The molecule has 25 heavy (non-hydrogen) atoms. The number of rotatable bonds is 4. The summed E-state index contributed by atoms with van der Waals surface area (Å²) in [5, 5.41) is 14.1. The highest BCUT2D eigenvalue weighted by atomic mass is 16.5. The summed E-state index contributed by atoms with van der Waals surface area (Å²) in [5.41, 5.74) is 0.0597. The fourth-order valence-corrected chi connectivity index (χ4v) is 4.22. The molecule has 2 aliphatic rings. The van der Waals surface area contributed by atoms with Gasteiger partial charge in [0.25, 0.3) is 0 Å². The second kappa shape index (κ2) is 7.83. The predicted octanol–water partition coefficient (Wildman–Crippen LogP) is 2.78. The zero-order valence-corrected chi connectivity index (χ0v) is 15.3. The Balaban J connectivity index is 1.56. The minimum Gasteiger partial charge on any atom is -0.385 e. The molecular weight excluding hydrogens is 316 g/mol. The van der Waals surface area contributed by atoms with Crippen LogP contribution in [0.25, 0.3) is 0 Å². The third kappa shape index (κ3) is 4.21. The van der Waals surface area contributed by atoms with E-state index < -0.39 is 5.60 Å². The summed E-state index contributed by atoms with van der Waals surface area (Å²) in [6, 6.07) is 3.92. The van der Waals surface area contributed by atoms with Crippen LogP contribution in [0.5, 0.6) is 0 Å². The smallest absolute Gasteiger partial charge is 0.225 e. The van der Waals surface area contributed by atoms with Gasteiger partial charge in [0.1, 0.15) is 0 Å². The molecule has 3 rings (SSSR count). The molecule has 1 aliphatic carbocycles. The van der Waals surface area contributed by atoms with Gasteiger partial charge < -0.3 is 15.2 Å². The number of hydrogen-bond donors (Lipinski definition) is 2. The molecule has 5 heteroatoms. The van der Waals surface area contributed by atoms with E-state index >= 15 is 0 Å². The van der Waals surface area contributed by atoms with Crippen molar-refractivity contribution in [1.82, 2.24) is 10.3 Å². The van der Waals surface area contributed by atoms with Gasteiger partial charge in [-0.15, -0.1) is 0 Å². The molecule has 1 aromatic rings. The lowest BCUT2D eigenvalue weighted by Gasteiger charge is -2.38. The van der Waals surface area contributed by atoms with E-state index in [1.807, 2.05) is 12.1 Å². The van der Waals surface area contributed by atoms with E-state index in [0.717, 1.165) is 37.9 Å². The number of aromatic nitrogens is 1. The first-order chi connectivity index (χ1) is 12.0. The van der Waals surface area contributed by atoms with E-state index in [9.17, 15) is 9.90 Å². The molecule has 1 aliphatic heterocycles. The summed E-state index contributed by atoms with van der Waals surface area (Å²) >= 11 is 0. The highest BCUT2D eigenvalue weighted by Gasteiger charge is 2.38. The molecule has 2 heterocycles. The first kappa shape index (κ1) is 18.3. The average Bonchev–Trinajstić information content (AvgIpc) is 2.64. The maximum Gasteiger partial charge on any atom is 0.225 e. The minimum atomic E-state index is -0.816. The Morgan fingerprint density at radius 1 is 1.36 bits per heavy atom. The molecule has 1 saturated heterocycles. The van der Waals surface area contributed by atoms with Crippen molar-refractivity contribution in [3.63, 3.8) is 0 Å². The fourth-order valence-electron chi connectivity index (χ4n) is 4.22. The minimum absolute atomic E-state index is 0.0182. The number of aliphatic hydroxyl groups is 1. The lowest BCUT2D eigenvalue weighted by Crippen LogP contribution is -2.49. The Morgan fingerprint density at radius 2 is 2.12 bits per heavy atom. The van der Waals surface area contributed by atoms with E-state index in [2.05, 4.69) is 24.1 Å². The maximum absolute atomic E-state index is 12.7. The van der Waals surface area contributed by atoms with Crippen LogP contribution in [0.2, 0.25) is 0 Å². The van der Waals surface area contributed by atoms with Gasteiger partial charge in [-0.3, -0.25) is 9.78 Å². The Morgan fingerprint density at radius 3 is 2.76 bits per heavy atom. The molecule has 1 saturated carbocycles. The predicted molar refractivity (Wildman–Crippen MR) is 95.8 cm³/mol. The number of amides is 1. The van der Waals surface area contributed by atoms with Crippen molar-refractivity contribution < 1.29 is 14.6 Å². The first-order valence-electron chi connectivity index (χ1n) is 9.54. The van der Waals surface area contributed by atoms with Crippen LogP contribution in [-0.2, 0) is 15.1 Å². The Kier molecular flexibility index (Phi) is 5.74. The van der Waals surface area contributed by atoms with Crippen LogP contribution in [-0.4, -0.2) is 34.8 Å². The van der Waals surface area contributed by atoms with Gasteiger partial charge >= 0.3 is 0 Å². The van der Waals surface area contributed by atoms with Crippen molar-refractivity contribution in [2.45, 2.75) is 70.1 Å². The van der Waals surface area contributed by atoms with Crippen molar-refractivity contribution in [3.8, 4) is 0 Å². The van der Waals surface area contributed by atoms with Gasteiger partial charge in [0, 0.05) is 30.6 Å². The van der Waals surface area contributed by atoms with E-state index in [1.54, 1.807) is 12.4 Å². The molecule has 2 atom stereocenters. The molecule has 1 aromatic heterocycles. The van der Waals surface area contributed by atoms with Crippen molar-refractivity contribution in [2.24, 2.45) is 11.8 Å². The van der Waals surface area contributed by atoms with Crippen molar-refractivity contribution in [1.29, 1.82) is 0 Å². The normalized spacial score (nSPS) is 33.2. The summed E-state index contributed by atoms with van der Waals surface area (Å²) in [4.78, 5) is 16.9. The summed E-state index contributed by atoms with van der Waals surface area (Å²) in [7, 11) is 0. The van der Waals surface area contributed by atoms with Crippen LogP contribution in [0.4, 0.5) is 0 Å². The summed E-state index contributed by atoms with van der Waals surface area (Å²) in [5.74, 6) is 0.418. The van der Waals surface area contributed by atoms with Gasteiger partial charge in [-0.25, -0.2) is 0 Å². The number of ether oxygens (including phenoxy) is 1. The van der Waals surface area contributed by atoms with E-state index in [4.69, 9.17) is 4.74 Å². The molecule has 2 N–H and O–H groups in total. The van der Waals surface area contributed by atoms with Crippen LogP contribution in [0.15, 0.2) is 24.5 Å². The fraction of sp³-hybridized carbons (Fsp3) is 0.700. The molecule has 0 aromatic carbocycles. The van der Waals surface area contributed by atoms with Crippen molar-refractivity contribution in [3.05, 3.63) is 30.1 Å². The van der Waals surface area contributed by atoms with Gasteiger partial charge in [0.2, 0.25) is 5.91 Å². The van der Waals surface area contributed by atoms with Gasteiger partial charge in [0.05, 0.1) is 17.6 Å². The lowest BCUT2D eigenvalue weighted by atomic mass is 9.78. The summed E-state index contributed by atoms with van der Waals surface area (Å²) < 4.78 is 5.85. The molecule has 0 radical (unpaired) electrons. The van der Waals surface area contributed by atoms with E-state index in [0.29, 0.717) is 18.8 Å². The first-order valence-corrected chi connectivity index (χ1v) is 9.54. The van der Waals surface area contributed by atoms with Crippen LogP contribution >= 0.6 is 0 Å². The third-order valence-corrected chi connectivity index (χ3v) is 5.72. The Labute approximate surface area is 150 Å². The SMILES string of the molecule is CC(C)[C@@H]1OCCC[C@@H]1C(=O)NC1CCC(O)(c2cccnc2)CC1. The topological polar surface area (TPSA) is 71.5 Å². The number of carbonyl (C=O) groups excluding carboxylic acids is 1. The molecule has 0 spiro atoms. The van der Waals surface area contributed by atoms with Crippen molar-refractivity contribution >= 4 is 5.91 Å². The zero-order valence-electron chi connectivity index (χ0n) is 15.3. The molecule has 138 valence electrons. The van der Waals surface area contributed by atoms with Gasteiger partial charge in [-0.2, -0.15) is 0 Å². The standard InChI is InChI=1S/C20H30N2O3/c1-14(2)18-17(6-4-12-25-18)19(23)22-16-7-9-20(24,10-8-16)15-5-3-11-21-13-15/h3,5,11,13-14,16-18,24H,4,6-10,12H2,1-2H3,(H,22,23)/t16?,17-,18-,20?/m0/s1.